The molecule has 2 N–H and O–H groups in total. The summed E-state index contributed by atoms with van der Waals surface area (Å²) in [6.45, 7) is 1.57. The maximum Gasteiger partial charge on any atom is 0.328 e. The first-order valence-corrected chi connectivity index (χ1v) is 6.43. The lowest BCUT2D eigenvalue weighted by atomic mass is 10.1. The third-order valence-electron chi connectivity index (χ3n) is 2.66. The van der Waals surface area contributed by atoms with Gasteiger partial charge in [0.2, 0.25) is 0 Å². The fraction of sp³-hybridized carbons (Fsp3) is 0.333. The Bertz CT molecular complexity index is 478. The van der Waals surface area contributed by atoms with Gasteiger partial charge in [-0.15, -0.1) is 0 Å². The van der Waals surface area contributed by atoms with Crippen LogP contribution < -0.4 is 5.32 Å². The normalized spacial score (nSPS) is 10.9. The van der Waals surface area contributed by atoms with Crippen molar-refractivity contribution < 1.29 is 14.7 Å². The van der Waals surface area contributed by atoms with E-state index in [-0.39, 0.29) is 5.91 Å². The Morgan fingerprint density at radius 2 is 1.90 bits per heavy atom. The fourth-order valence-corrected chi connectivity index (χ4v) is 1.61. The highest BCUT2D eigenvalue weighted by Gasteiger charge is 2.04. The number of nitrogens with zero attached hydrogens (tertiary/aromatic N) is 1. The minimum atomic E-state index is -0.993. The van der Waals surface area contributed by atoms with Crippen LogP contribution in [0.4, 0.5) is 0 Å². The number of carbonyl (C=O) groups excluding carboxylic acids is 1. The summed E-state index contributed by atoms with van der Waals surface area (Å²) in [5.74, 6) is -1.11. The molecule has 0 aliphatic carbocycles. The Balaban J connectivity index is 2.47. The molecule has 0 bridgehead atoms. The molecule has 5 nitrogen and oxygen atoms in total. The van der Waals surface area contributed by atoms with E-state index in [0.717, 1.165) is 24.6 Å². The third kappa shape index (κ3) is 6.15. The summed E-state index contributed by atoms with van der Waals surface area (Å²) in [4.78, 5) is 24.3. The molecule has 108 valence electrons. The molecule has 1 aromatic rings. The van der Waals surface area contributed by atoms with Crippen LogP contribution in [0.1, 0.15) is 22.3 Å². The van der Waals surface area contributed by atoms with E-state index < -0.39 is 5.97 Å². The second-order valence-electron chi connectivity index (χ2n) is 4.71. The Kier molecular flexibility index (Phi) is 6.46. The predicted octanol–water partition coefficient (Wildman–Crippen LogP) is 1.47. The Labute approximate surface area is 118 Å². The molecule has 0 heterocycles. The number of hydrogen-bond acceptors (Lipinski definition) is 3. The summed E-state index contributed by atoms with van der Waals surface area (Å²) in [7, 11) is 3.98. The van der Waals surface area contributed by atoms with Crippen LogP contribution in [0.2, 0.25) is 0 Å². The molecule has 0 aliphatic rings. The summed E-state index contributed by atoms with van der Waals surface area (Å²) in [5, 5.41) is 11.4. The van der Waals surface area contributed by atoms with Gasteiger partial charge in [0.15, 0.2) is 0 Å². The topological polar surface area (TPSA) is 69.6 Å². The van der Waals surface area contributed by atoms with Crippen LogP contribution in [-0.2, 0) is 4.79 Å². The van der Waals surface area contributed by atoms with E-state index >= 15 is 0 Å². The zero-order valence-corrected chi connectivity index (χ0v) is 11.8. The van der Waals surface area contributed by atoms with Gasteiger partial charge in [-0.05, 0) is 50.8 Å². The first kappa shape index (κ1) is 15.9. The van der Waals surface area contributed by atoms with Crippen molar-refractivity contribution in [2.45, 2.75) is 6.42 Å². The van der Waals surface area contributed by atoms with E-state index in [1.807, 2.05) is 14.1 Å². The first-order chi connectivity index (χ1) is 9.49. The van der Waals surface area contributed by atoms with Crippen molar-refractivity contribution in [2.24, 2.45) is 0 Å². The number of hydrogen-bond donors (Lipinski definition) is 2. The second kappa shape index (κ2) is 8.12. The van der Waals surface area contributed by atoms with Crippen LogP contribution in [0.15, 0.2) is 30.3 Å². The Hall–Kier alpha value is -2.14. The molecule has 1 amide bonds. The van der Waals surface area contributed by atoms with Gasteiger partial charge < -0.3 is 15.3 Å². The van der Waals surface area contributed by atoms with E-state index in [4.69, 9.17) is 5.11 Å². The smallest absolute Gasteiger partial charge is 0.328 e. The highest BCUT2D eigenvalue weighted by atomic mass is 16.4. The Morgan fingerprint density at radius 3 is 2.45 bits per heavy atom. The van der Waals surface area contributed by atoms with Crippen LogP contribution in [0.3, 0.4) is 0 Å². The minimum absolute atomic E-state index is 0.113. The second-order valence-corrected chi connectivity index (χ2v) is 4.71. The van der Waals surface area contributed by atoms with Gasteiger partial charge in [-0.2, -0.15) is 0 Å². The molecule has 0 atom stereocenters. The molecular weight excluding hydrogens is 256 g/mol. The summed E-state index contributed by atoms with van der Waals surface area (Å²) < 4.78 is 0. The van der Waals surface area contributed by atoms with Crippen LogP contribution in [0.5, 0.6) is 0 Å². The SMILES string of the molecule is CN(C)CCCNC(=O)c1ccc(C=CC(=O)O)cc1. The van der Waals surface area contributed by atoms with Crippen molar-refractivity contribution in [2.75, 3.05) is 27.2 Å². The van der Waals surface area contributed by atoms with Crippen molar-refractivity contribution in [1.29, 1.82) is 0 Å². The van der Waals surface area contributed by atoms with Gasteiger partial charge in [-0.25, -0.2) is 4.79 Å². The van der Waals surface area contributed by atoms with Crippen molar-refractivity contribution >= 4 is 18.0 Å². The highest BCUT2D eigenvalue weighted by molar-refractivity contribution is 5.94. The molecule has 0 fully saturated rings. The average molecular weight is 276 g/mol. The molecule has 0 unspecified atom stereocenters. The molecule has 20 heavy (non-hydrogen) atoms. The lowest BCUT2D eigenvalue weighted by Crippen LogP contribution is -2.27. The van der Waals surface area contributed by atoms with E-state index in [9.17, 15) is 9.59 Å². The number of amides is 1. The summed E-state index contributed by atoms with van der Waals surface area (Å²) >= 11 is 0. The standard InChI is InChI=1S/C15H20N2O3/c1-17(2)11-3-10-16-15(20)13-7-4-12(5-8-13)6-9-14(18)19/h4-9H,3,10-11H2,1-2H3,(H,16,20)(H,18,19). The van der Waals surface area contributed by atoms with Crippen molar-refractivity contribution in [3.05, 3.63) is 41.5 Å². The van der Waals surface area contributed by atoms with Crippen molar-refractivity contribution in [3.63, 3.8) is 0 Å². The zero-order valence-electron chi connectivity index (χ0n) is 11.8. The van der Waals surface area contributed by atoms with Gasteiger partial charge >= 0.3 is 5.97 Å². The number of rotatable bonds is 7. The van der Waals surface area contributed by atoms with Crippen LogP contribution >= 0.6 is 0 Å². The molecule has 0 saturated heterocycles. The van der Waals surface area contributed by atoms with Crippen molar-refractivity contribution in [1.82, 2.24) is 10.2 Å². The molecule has 5 heteroatoms. The number of carbonyl (C=O) groups is 2. The van der Waals surface area contributed by atoms with Gasteiger partial charge in [0.25, 0.3) is 5.91 Å². The lowest BCUT2D eigenvalue weighted by Gasteiger charge is -2.09. The molecule has 0 saturated carbocycles. The van der Waals surface area contributed by atoms with Gasteiger partial charge in [0.1, 0.15) is 0 Å². The lowest BCUT2D eigenvalue weighted by molar-refractivity contribution is -0.131. The van der Waals surface area contributed by atoms with E-state index in [2.05, 4.69) is 10.2 Å². The van der Waals surface area contributed by atoms with Gasteiger partial charge in [0, 0.05) is 18.2 Å². The number of carboxylic acid groups (broad SMARTS) is 1. The van der Waals surface area contributed by atoms with E-state index in [0.29, 0.717) is 12.1 Å². The maximum atomic E-state index is 11.8. The largest absolute Gasteiger partial charge is 0.478 e. The Morgan fingerprint density at radius 1 is 1.25 bits per heavy atom. The number of carboxylic acids is 1. The molecule has 1 rings (SSSR count). The van der Waals surface area contributed by atoms with Crippen LogP contribution in [0.25, 0.3) is 6.08 Å². The molecule has 0 aromatic heterocycles. The number of benzene rings is 1. The quantitative estimate of drug-likeness (QED) is 0.584. The first-order valence-electron chi connectivity index (χ1n) is 6.43. The zero-order chi connectivity index (χ0) is 15.0. The number of aliphatic carboxylic acids is 1. The highest BCUT2D eigenvalue weighted by Crippen LogP contribution is 2.06. The summed E-state index contributed by atoms with van der Waals surface area (Å²) in [5.41, 5.74) is 1.32. The fourth-order valence-electron chi connectivity index (χ4n) is 1.61. The minimum Gasteiger partial charge on any atom is -0.478 e. The molecule has 0 spiro atoms. The van der Waals surface area contributed by atoms with E-state index in [1.165, 1.54) is 6.08 Å². The van der Waals surface area contributed by atoms with Gasteiger partial charge in [-0.1, -0.05) is 12.1 Å². The summed E-state index contributed by atoms with van der Waals surface area (Å²) in [6.07, 6.45) is 3.45. The molecular formula is C15H20N2O3. The average Bonchev–Trinajstić information content (AvgIpc) is 2.41. The van der Waals surface area contributed by atoms with E-state index in [1.54, 1.807) is 24.3 Å². The predicted molar refractivity (Wildman–Crippen MR) is 78.6 cm³/mol. The number of nitrogens with one attached hydrogen (secondary N) is 1. The van der Waals surface area contributed by atoms with Gasteiger partial charge in [-0.3, -0.25) is 4.79 Å². The molecule has 1 aromatic carbocycles. The molecule has 0 radical (unpaired) electrons. The monoisotopic (exact) mass is 276 g/mol. The van der Waals surface area contributed by atoms with Gasteiger partial charge in [0.05, 0.1) is 0 Å². The summed E-state index contributed by atoms with van der Waals surface area (Å²) in [6, 6.07) is 6.80. The van der Waals surface area contributed by atoms with Crippen LogP contribution in [-0.4, -0.2) is 49.1 Å². The third-order valence-corrected chi connectivity index (χ3v) is 2.66. The molecule has 0 aliphatic heterocycles. The van der Waals surface area contributed by atoms with Crippen molar-refractivity contribution in [3.8, 4) is 0 Å². The maximum absolute atomic E-state index is 11.8. The van der Waals surface area contributed by atoms with Crippen LogP contribution in [0, 0.1) is 0 Å².